The number of ether oxygens (including phenoxy) is 1. The second-order valence-electron chi connectivity index (χ2n) is 5.01. The monoisotopic (exact) mass is 277 g/mol. The van der Waals surface area contributed by atoms with E-state index < -0.39 is 0 Å². The summed E-state index contributed by atoms with van der Waals surface area (Å²) in [5.41, 5.74) is 3.99. The maximum Gasteiger partial charge on any atom is 0.0954 e. The summed E-state index contributed by atoms with van der Waals surface area (Å²) in [6, 6.07) is 8.48. The second kappa shape index (κ2) is 5.96. The molecule has 5 heteroatoms. The molecule has 0 aliphatic carbocycles. The third kappa shape index (κ3) is 3.12. The average molecular weight is 277 g/mol. The van der Waals surface area contributed by atoms with Crippen molar-refractivity contribution < 1.29 is 4.74 Å². The van der Waals surface area contributed by atoms with Gasteiger partial charge in [-0.15, -0.1) is 11.3 Å². The maximum absolute atomic E-state index is 5.67. The topological polar surface area (TPSA) is 60.2 Å². The quantitative estimate of drug-likeness (QED) is 0.650. The molecule has 4 nitrogen and oxygen atoms in total. The number of nitrogens with zero attached hydrogens (tertiary/aromatic N) is 1. The van der Waals surface area contributed by atoms with E-state index in [2.05, 4.69) is 28.6 Å². The molecule has 1 aromatic heterocycles. The molecule has 1 aliphatic rings. The molecule has 0 radical (unpaired) electrons. The van der Waals surface area contributed by atoms with Gasteiger partial charge in [-0.05, 0) is 31.4 Å². The summed E-state index contributed by atoms with van der Waals surface area (Å²) in [6.07, 6.45) is 4.51. The van der Waals surface area contributed by atoms with Crippen LogP contribution in [0.25, 0.3) is 10.2 Å². The van der Waals surface area contributed by atoms with Gasteiger partial charge in [0.1, 0.15) is 0 Å². The van der Waals surface area contributed by atoms with Gasteiger partial charge < -0.3 is 4.74 Å². The van der Waals surface area contributed by atoms with Crippen LogP contribution in [-0.4, -0.2) is 23.7 Å². The van der Waals surface area contributed by atoms with Gasteiger partial charge in [0.2, 0.25) is 0 Å². The first-order chi connectivity index (χ1) is 9.35. The summed E-state index contributed by atoms with van der Waals surface area (Å²) in [5, 5.41) is 1.14. The first-order valence-corrected chi connectivity index (χ1v) is 7.59. The van der Waals surface area contributed by atoms with Crippen LogP contribution >= 0.6 is 11.3 Å². The molecule has 2 unspecified atom stereocenters. The van der Waals surface area contributed by atoms with Gasteiger partial charge >= 0.3 is 0 Å². The number of rotatable bonds is 5. The predicted molar refractivity (Wildman–Crippen MR) is 78.0 cm³/mol. The highest BCUT2D eigenvalue weighted by Gasteiger charge is 2.21. The molecule has 2 aromatic rings. The minimum atomic E-state index is 0.240. The van der Waals surface area contributed by atoms with Crippen molar-refractivity contribution in [3.05, 3.63) is 29.3 Å². The largest absolute Gasteiger partial charge is 0.378 e. The zero-order chi connectivity index (χ0) is 13.1. The summed E-state index contributed by atoms with van der Waals surface area (Å²) in [5.74, 6) is 5.66. The number of nitrogens with two attached hydrogens (primary N) is 1. The molecule has 102 valence electrons. The van der Waals surface area contributed by atoms with Gasteiger partial charge in [0, 0.05) is 19.1 Å². The van der Waals surface area contributed by atoms with Crippen molar-refractivity contribution >= 4 is 21.6 Å². The average Bonchev–Trinajstić information content (AvgIpc) is 3.06. The van der Waals surface area contributed by atoms with Gasteiger partial charge in [0.15, 0.2) is 0 Å². The van der Waals surface area contributed by atoms with Crippen LogP contribution in [0.2, 0.25) is 0 Å². The van der Waals surface area contributed by atoms with Crippen LogP contribution in [0.3, 0.4) is 0 Å². The van der Waals surface area contributed by atoms with E-state index in [1.54, 1.807) is 11.3 Å². The Kier molecular flexibility index (Phi) is 4.08. The zero-order valence-electron chi connectivity index (χ0n) is 10.8. The molecule has 0 spiro atoms. The van der Waals surface area contributed by atoms with E-state index in [9.17, 15) is 0 Å². The molecule has 2 heterocycles. The van der Waals surface area contributed by atoms with E-state index in [-0.39, 0.29) is 6.04 Å². The van der Waals surface area contributed by atoms with E-state index in [1.165, 1.54) is 11.1 Å². The smallest absolute Gasteiger partial charge is 0.0954 e. The standard InChI is InChI=1S/C14H19N3OS/c15-17-10(8-11-4-3-7-18-11)9-14-16-12-5-1-2-6-13(12)19-14/h1-2,5-6,10-11,17H,3-4,7-9,15H2. The number of hydrogen-bond acceptors (Lipinski definition) is 5. The Bertz CT molecular complexity index is 503. The van der Waals surface area contributed by atoms with Gasteiger partial charge in [-0.25, -0.2) is 4.98 Å². The molecule has 1 saturated heterocycles. The van der Waals surface area contributed by atoms with Crippen LogP contribution < -0.4 is 11.3 Å². The van der Waals surface area contributed by atoms with Gasteiger partial charge in [-0.1, -0.05) is 12.1 Å². The Hall–Kier alpha value is -1.01. The van der Waals surface area contributed by atoms with Crippen molar-refractivity contribution in [1.29, 1.82) is 0 Å². The lowest BCUT2D eigenvalue weighted by molar-refractivity contribution is 0.0946. The molecule has 1 aromatic carbocycles. The number of thiazole rings is 1. The highest BCUT2D eigenvalue weighted by Crippen LogP contribution is 2.24. The van der Waals surface area contributed by atoms with E-state index >= 15 is 0 Å². The van der Waals surface area contributed by atoms with Crippen LogP contribution in [-0.2, 0) is 11.2 Å². The minimum absolute atomic E-state index is 0.240. The summed E-state index contributed by atoms with van der Waals surface area (Å²) in [7, 11) is 0. The highest BCUT2D eigenvalue weighted by molar-refractivity contribution is 7.18. The molecular weight excluding hydrogens is 258 g/mol. The second-order valence-corrected chi connectivity index (χ2v) is 6.13. The molecular formula is C14H19N3OS. The first-order valence-electron chi connectivity index (χ1n) is 6.77. The van der Waals surface area contributed by atoms with Crippen LogP contribution in [0.4, 0.5) is 0 Å². The van der Waals surface area contributed by atoms with Crippen LogP contribution in [0, 0.1) is 0 Å². The lowest BCUT2D eigenvalue weighted by Crippen LogP contribution is -2.39. The Labute approximate surface area is 116 Å². The van der Waals surface area contributed by atoms with Crippen molar-refractivity contribution in [1.82, 2.24) is 10.4 Å². The summed E-state index contributed by atoms with van der Waals surface area (Å²) in [6.45, 7) is 0.892. The Balaban J connectivity index is 1.67. The first kappa shape index (κ1) is 13.0. The normalized spacial score (nSPS) is 21.0. The lowest BCUT2D eigenvalue weighted by atomic mass is 10.1. The Morgan fingerprint density at radius 3 is 3.11 bits per heavy atom. The van der Waals surface area contributed by atoms with Crippen LogP contribution in [0.5, 0.6) is 0 Å². The van der Waals surface area contributed by atoms with Gasteiger partial charge in [-0.3, -0.25) is 11.3 Å². The fourth-order valence-electron chi connectivity index (χ4n) is 2.58. The zero-order valence-corrected chi connectivity index (χ0v) is 11.7. The molecule has 0 saturated carbocycles. The van der Waals surface area contributed by atoms with Crippen molar-refractivity contribution in [2.45, 2.75) is 37.8 Å². The SMILES string of the molecule is NNC(Cc1nc2ccccc2s1)CC1CCCO1. The van der Waals surface area contributed by atoms with E-state index in [0.717, 1.165) is 36.4 Å². The molecule has 0 bridgehead atoms. The summed E-state index contributed by atoms with van der Waals surface area (Å²) in [4.78, 5) is 4.66. The Morgan fingerprint density at radius 1 is 1.47 bits per heavy atom. The third-order valence-corrected chi connectivity index (χ3v) is 4.63. The predicted octanol–water partition coefficient (Wildman–Crippen LogP) is 2.24. The number of para-hydroxylation sites is 1. The fraction of sp³-hybridized carbons (Fsp3) is 0.500. The minimum Gasteiger partial charge on any atom is -0.378 e. The molecule has 19 heavy (non-hydrogen) atoms. The van der Waals surface area contributed by atoms with Gasteiger partial charge in [0.25, 0.3) is 0 Å². The molecule has 1 fully saturated rings. The number of aromatic nitrogens is 1. The molecule has 3 N–H and O–H groups in total. The van der Waals surface area contributed by atoms with Crippen molar-refractivity contribution in [3.8, 4) is 0 Å². The molecule has 2 atom stereocenters. The molecule has 1 aliphatic heterocycles. The van der Waals surface area contributed by atoms with E-state index in [0.29, 0.717) is 6.10 Å². The van der Waals surface area contributed by atoms with Gasteiger partial charge in [0.05, 0.1) is 21.3 Å². The Morgan fingerprint density at radius 2 is 2.37 bits per heavy atom. The molecule has 3 rings (SSSR count). The van der Waals surface area contributed by atoms with Crippen molar-refractivity contribution in [2.75, 3.05) is 6.61 Å². The van der Waals surface area contributed by atoms with E-state index in [1.807, 2.05) is 6.07 Å². The van der Waals surface area contributed by atoms with Crippen molar-refractivity contribution in [2.24, 2.45) is 5.84 Å². The number of benzene rings is 1. The summed E-state index contributed by atoms with van der Waals surface area (Å²) < 4.78 is 6.91. The van der Waals surface area contributed by atoms with Gasteiger partial charge in [-0.2, -0.15) is 0 Å². The number of hydrogen-bond donors (Lipinski definition) is 2. The fourth-order valence-corrected chi connectivity index (χ4v) is 3.62. The van der Waals surface area contributed by atoms with Crippen LogP contribution in [0.1, 0.15) is 24.3 Å². The number of nitrogens with one attached hydrogen (secondary N) is 1. The number of hydrazine groups is 1. The highest BCUT2D eigenvalue weighted by atomic mass is 32.1. The summed E-state index contributed by atoms with van der Waals surface area (Å²) >= 11 is 1.75. The molecule has 0 amide bonds. The maximum atomic E-state index is 5.67. The number of fused-ring (bicyclic) bond motifs is 1. The third-order valence-electron chi connectivity index (χ3n) is 3.57. The van der Waals surface area contributed by atoms with Crippen molar-refractivity contribution in [3.63, 3.8) is 0 Å². The van der Waals surface area contributed by atoms with Crippen LogP contribution in [0.15, 0.2) is 24.3 Å². The van der Waals surface area contributed by atoms with E-state index in [4.69, 9.17) is 10.6 Å². The lowest BCUT2D eigenvalue weighted by Gasteiger charge is -2.18.